The molecule has 2 aliphatic rings. The third-order valence-corrected chi connectivity index (χ3v) is 3.93. The van der Waals surface area contributed by atoms with E-state index in [0.29, 0.717) is 12.6 Å². The van der Waals surface area contributed by atoms with Crippen molar-refractivity contribution in [2.24, 2.45) is 0 Å². The Balaban J connectivity index is 1.55. The Kier molecular flexibility index (Phi) is 3.20. The van der Waals surface area contributed by atoms with Crippen LogP contribution >= 0.6 is 0 Å². The van der Waals surface area contributed by atoms with Gasteiger partial charge < -0.3 is 10.2 Å². The van der Waals surface area contributed by atoms with Crippen LogP contribution in [-0.2, 0) is 0 Å². The van der Waals surface area contributed by atoms with Crippen molar-refractivity contribution in [2.75, 3.05) is 24.5 Å². The van der Waals surface area contributed by atoms with Gasteiger partial charge in [0.1, 0.15) is 5.67 Å². The van der Waals surface area contributed by atoms with Crippen molar-refractivity contribution >= 4 is 5.69 Å². The van der Waals surface area contributed by atoms with E-state index >= 15 is 0 Å². The highest BCUT2D eigenvalue weighted by molar-refractivity contribution is 5.44. The molecule has 3 rings (SSSR count). The fraction of sp³-hybridized carbons (Fsp3) is 0.643. The maximum atomic E-state index is 13.6. The number of anilines is 1. The predicted molar refractivity (Wildman–Crippen MR) is 70.5 cm³/mol. The maximum Gasteiger partial charge on any atom is 0.123 e. The lowest BCUT2D eigenvalue weighted by Gasteiger charge is -2.35. The summed E-state index contributed by atoms with van der Waals surface area (Å²) >= 11 is 0. The van der Waals surface area contributed by atoms with E-state index in [4.69, 9.17) is 0 Å². The van der Waals surface area contributed by atoms with Gasteiger partial charge >= 0.3 is 0 Å². The molecule has 0 bridgehead atoms. The van der Waals surface area contributed by atoms with Crippen LogP contribution in [0, 0.1) is 0 Å². The molecule has 2 fully saturated rings. The molecule has 18 heavy (non-hydrogen) atoms. The number of alkyl halides is 1. The summed E-state index contributed by atoms with van der Waals surface area (Å²) in [6, 6.07) is 4.47. The van der Waals surface area contributed by atoms with Gasteiger partial charge in [0.2, 0.25) is 0 Å². The van der Waals surface area contributed by atoms with Crippen LogP contribution in [0.15, 0.2) is 24.5 Å². The zero-order chi connectivity index (χ0) is 12.4. The quantitative estimate of drug-likeness (QED) is 0.886. The number of pyridine rings is 1. The van der Waals surface area contributed by atoms with Crippen LogP contribution in [0.3, 0.4) is 0 Å². The van der Waals surface area contributed by atoms with E-state index in [1.165, 1.54) is 5.69 Å². The highest BCUT2D eigenvalue weighted by Gasteiger charge is 2.43. The molecule has 1 atom stereocenters. The van der Waals surface area contributed by atoms with E-state index in [2.05, 4.69) is 21.3 Å². The van der Waals surface area contributed by atoms with Crippen molar-refractivity contribution in [1.29, 1.82) is 0 Å². The Hall–Kier alpha value is -1.16. The molecule has 1 N–H and O–H groups in total. The monoisotopic (exact) mass is 249 g/mol. The molecule has 1 aliphatic carbocycles. The molecule has 3 nitrogen and oxygen atoms in total. The number of aromatic nitrogens is 1. The maximum absolute atomic E-state index is 13.6. The molecule has 4 heteroatoms. The fourth-order valence-electron chi connectivity index (χ4n) is 2.56. The van der Waals surface area contributed by atoms with Gasteiger partial charge in [0.05, 0.1) is 11.9 Å². The molecule has 1 aromatic heterocycles. The molecule has 1 aromatic rings. The van der Waals surface area contributed by atoms with Crippen LogP contribution in [0.4, 0.5) is 10.1 Å². The van der Waals surface area contributed by atoms with Crippen LogP contribution in [-0.4, -0.2) is 36.3 Å². The first kappa shape index (κ1) is 11.9. The average molecular weight is 249 g/mol. The Labute approximate surface area is 107 Å². The van der Waals surface area contributed by atoms with Crippen molar-refractivity contribution < 1.29 is 4.39 Å². The zero-order valence-electron chi connectivity index (χ0n) is 10.6. The number of piperidine rings is 1. The Morgan fingerprint density at radius 2 is 2.39 bits per heavy atom. The summed E-state index contributed by atoms with van der Waals surface area (Å²) in [6.07, 6.45) is 7.47. The highest BCUT2D eigenvalue weighted by atomic mass is 19.1. The lowest BCUT2D eigenvalue weighted by atomic mass is 10.0. The van der Waals surface area contributed by atoms with Crippen LogP contribution in [0.2, 0.25) is 0 Å². The molecule has 0 radical (unpaired) electrons. The van der Waals surface area contributed by atoms with Gasteiger partial charge in [-0.3, -0.25) is 4.98 Å². The second-order valence-electron chi connectivity index (χ2n) is 5.53. The van der Waals surface area contributed by atoms with E-state index in [9.17, 15) is 4.39 Å². The molecule has 0 aromatic carbocycles. The largest absolute Gasteiger partial charge is 0.369 e. The molecule has 98 valence electrons. The van der Waals surface area contributed by atoms with E-state index in [1.807, 2.05) is 12.3 Å². The smallest absolute Gasteiger partial charge is 0.123 e. The first-order valence-electron chi connectivity index (χ1n) is 6.82. The lowest BCUT2D eigenvalue weighted by Crippen LogP contribution is -2.47. The lowest BCUT2D eigenvalue weighted by molar-refractivity contribution is 0.275. The van der Waals surface area contributed by atoms with Crippen molar-refractivity contribution in [3.8, 4) is 0 Å². The Morgan fingerprint density at radius 1 is 1.50 bits per heavy atom. The Bertz CT molecular complexity index is 391. The third-order valence-electron chi connectivity index (χ3n) is 3.93. The van der Waals surface area contributed by atoms with Crippen molar-refractivity contribution in [3.63, 3.8) is 0 Å². The summed E-state index contributed by atoms with van der Waals surface area (Å²) in [5.41, 5.74) is 0.279. The average Bonchev–Trinajstić information content (AvgIpc) is 3.17. The molecule has 1 saturated carbocycles. The molecule has 0 spiro atoms. The summed E-state index contributed by atoms with van der Waals surface area (Å²) in [6.45, 7) is 2.56. The van der Waals surface area contributed by atoms with Crippen molar-refractivity contribution in [3.05, 3.63) is 24.5 Å². The van der Waals surface area contributed by atoms with E-state index < -0.39 is 5.67 Å². The fourth-order valence-corrected chi connectivity index (χ4v) is 2.56. The molecule has 1 aliphatic heterocycles. The zero-order valence-corrected chi connectivity index (χ0v) is 10.6. The molecule has 1 unspecified atom stereocenters. The minimum Gasteiger partial charge on any atom is -0.369 e. The second-order valence-corrected chi connectivity index (χ2v) is 5.53. The summed E-state index contributed by atoms with van der Waals surface area (Å²) < 4.78 is 13.6. The van der Waals surface area contributed by atoms with Gasteiger partial charge in [-0.15, -0.1) is 0 Å². The standard InChI is InChI=1S/C14H20FN3/c15-14(5-6-14)11-17-12-3-2-8-18(10-12)13-4-1-7-16-9-13/h1,4,7,9,12,17H,2-3,5-6,8,10-11H2. The first-order chi connectivity index (χ1) is 8.75. The summed E-state index contributed by atoms with van der Waals surface area (Å²) in [5.74, 6) is 0. The minimum absolute atomic E-state index is 0.409. The van der Waals surface area contributed by atoms with Crippen LogP contribution in [0.1, 0.15) is 25.7 Å². The molecular formula is C14H20FN3. The molecule has 2 heterocycles. The summed E-state index contributed by atoms with van der Waals surface area (Å²) in [4.78, 5) is 6.50. The number of rotatable bonds is 4. The topological polar surface area (TPSA) is 28.2 Å². The molecular weight excluding hydrogens is 229 g/mol. The van der Waals surface area contributed by atoms with Gasteiger partial charge in [-0.25, -0.2) is 4.39 Å². The van der Waals surface area contributed by atoms with Gasteiger partial charge in [0.15, 0.2) is 0 Å². The second kappa shape index (κ2) is 4.84. The SMILES string of the molecule is FC1(CNC2CCCN(c3cccnc3)C2)CC1. The predicted octanol–water partition coefficient (Wildman–Crippen LogP) is 2.14. The normalized spacial score (nSPS) is 26.1. The van der Waals surface area contributed by atoms with Gasteiger partial charge in [-0.1, -0.05) is 0 Å². The third kappa shape index (κ3) is 2.80. The first-order valence-corrected chi connectivity index (χ1v) is 6.82. The van der Waals surface area contributed by atoms with Crippen molar-refractivity contribution in [2.45, 2.75) is 37.4 Å². The summed E-state index contributed by atoms with van der Waals surface area (Å²) in [7, 11) is 0. The number of halogens is 1. The number of nitrogens with zero attached hydrogens (tertiary/aromatic N) is 2. The number of hydrogen-bond acceptors (Lipinski definition) is 3. The van der Waals surface area contributed by atoms with E-state index in [0.717, 1.165) is 38.8 Å². The van der Waals surface area contributed by atoms with Crippen LogP contribution < -0.4 is 10.2 Å². The van der Waals surface area contributed by atoms with Crippen LogP contribution in [0.25, 0.3) is 0 Å². The van der Waals surface area contributed by atoms with Gasteiger partial charge in [-0.05, 0) is 37.8 Å². The summed E-state index contributed by atoms with van der Waals surface area (Å²) in [5, 5.41) is 3.39. The van der Waals surface area contributed by atoms with Gasteiger partial charge in [0, 0.05) is 31.9 Å². The van der Waals surface area contributed by atoms with Gasteiger partial charge in [-0.2, -0.15) is 0 Å². The van der Waals surface area contributed by atoms with Crippen LogP contribution in [0.5, 0.6) is 0 Å². The molecule has 1 saturated heterocycles. The molecule has 0 amide bonds. The van der Waals surface area contributed by atoms with Gasteiger partial charge in [0.25, 0.3) is 0 Å². The van der Waals surface area contributed by atoms with E-state index in [-0.39, 0.29) is 0 Å². The highest BCUT2D eigenvalue weighted by Crippen LogP contribution is 2.39. The minimum atomic E-state index is -0.892. The Morgan fingerprint density at radius 3 is 3.11 bits per heavy atom. The van der Waals surface area contributed by atoms with Crippen molar-refractivity contribution in [1.82, 2.24) is 10.3 Å². The van der Waals surface area contributed by atoms with E-state index in [1.54, 1.807) is 6.20 Å². The number of hydrogen-bond donors (Lipinski definition) is 1. The number of nitrogens with one attached hydrogen (secondary N) is 1.